The van der Waals surface area contributed by atoms with Crippen molar-refractivity contribution >= 4 is 33.3 Å². The first-order valence-electron chi connectivity index (χ1n) is 5.15. The van der Waals surface area contributed by atoms with E-state index in [1.165, 1.54) is 0 Å². The highest BCUT2D eigenvalue weighted by atomic mass is 79.9. The molecule has 2 rings (SSSR count). The molecular weight excluding hydrogens is 300 g/mol. The minimum atomic E-state index is -0.00806. The Morgan fingerprint density at radius 2 is 1.88 bits per heavy atom. The van der Waals surface area contributed by atoms with Gasteiger partial charge in [0.15, 0.2) is 5.78 Å². The van der Waals surface area contributed by atoms with E-state index in [-0.39, 0.29) is 5.78 Å². The number of hydrogen-bond acceptors (Lipinski definition) is 1. The van der Waals surface area contributed by atoms with E-state index in [0.29, 0.717) is 16.1 Å². The van der Waals surface area contributed by atoms with Crippen LogP contribution in [-0.2, 0) is 0 Å². The van der Waals surface area contributed by atoms with Crippen LogP contribution < -0.4 is 0 Å². The molecule has 2 aromatic rings. The van der Waals surface area contributed by atoms with E-state index in [2.05, 4.69) is 15.9 Å². The van der Waals surface area contributed by atoms with Gasteiger partial charge in [-0.1, -0.05) is 51.8 Å². The fraction of sp³-hybridized carbons (Fsp3) is 0.0714. The molecule has 0 unspecified atom stereocenters. The fourth-order valence-corrected chi connectivity index (χ4v) is 2.20. The van der Waals surface area contributed by atoms with Crippen LogP contribution in [0, 0.1) is 6.92 Å². The molecule has 0 aromatic heterocycles. The zero-order valence-corrected chi connectivity index (χ0v) is 11.5. The van der Waals surface area contributed by atoms with Crippen molar-refractivity contribution in [3.05, 3.63) is 68.7 Å². The van der Waals surface area contributed by atoms with Crippen molar-refractivity contribution in [2.24, 2.45) is 0 Å². The SMILES string of the molecule is Cc1c(Br)cccc1C(=O)c1cccc(Cl)c1. The predicted molar refractivity (Wildman–Crippen MR) is 73.8 cm³/mol. The lowest BCUT2D eigenvalue weighted by atomic mass is 9.99. The van der Waals surface area contributed by atoms with E-state index < -0.39 is 0 Å². The molecule has 0 atom stereocenters. The van der Waals surface area contributed by atoms with Gasteiger partial charge in [-0.15, -0.1) is 0 Å². The Bertz CT molecular complexity index is 578. The van der Waals surface area contributed by atoms with Crippen molar-refractivity contribution in [2.75, 3.05) is 0 Å². The van der Waals surface area contributed by atoms with Crippen molar-refractivity contribution in [2.45, 2.75) is 6.92 Å². The molecule has 17 heavy (non-hydrogen) atoms. The molecule has 0 heterocycles. The summed E-state index contributed by atoms with van der Waals surface area (Å²) in [5.41, 5.74) is 2.25. The van der Waals surface area contributed by atoms with E-state index >= 15 is 0 Å². The van der Waals surface area contributed by atoms with Gasteiger partial charge < -0.3 is 0 Å². The Balaban J connectivity index is 2.48. The summed E-state index contributed by atoms with van der Waals surface area (Å²) in [6, 6.07) is 12.6. The molecule has 0 spiro atoms. The molecule has 3 heteroatoms. The fourth-order valence-electron chi connectivity index (χ4n) is 1.64. The summed E-state index contributed by atoms with van der Waals surface area (Å²) in [4.78, 5) is 12.3. The summed E-state index contributed by atoms with van der Waals surface area (Å²) in [6.45, 7) is 1.92. The number of carbonyl (C=O) groups is 1. The van der Waals surface area contributed by atoms with E-state index in [0.717, 1.165) is 10.0 Å². The number of halogens is 2. The van der Waals surface area contributed by atoms with E-state index in [4.69, 9.17) is 11.6 Å². The lowest BCUT2D eigenvalue weighted by Gasteiger charge is -2.06. The molecule has 2 aromatic carbocycles. The molecule has 1 nitrogen and oxygen atoms in total. The van der Waals surface area contributed by atoms with Crippen molar-refractivity contribution in [1.82, 2.24) is 0 Å². The van der Waals surface area contributed by atoms with Crippen LogP contribution in [0.15, 0.2) is 46.9 Å². The molecule has 0 saturated heterocycles. The summed E-state index contributed by atoms with van der Waals surface area (Å²) < 4.78 is 0.936. The Hall–Kier alpha value is -1.12. The van der Waals surface area contributed by atoms with E-state index in [1.54, 1.807) is 24.3 Å². The molecule has 0 amide bonds. The zero-order chi connectivity index (χ0) is 12.4. The topological polar surface area (TPSA) is 17.1 Å². The van der Waals surface area contributed by atoms with Gasteiger partial charge >= 0.3 is 0 Å². The Morgan fingerprint density at radius 1 is 1.18 bits per heavy atom. The van der Waals surface area contributed by atoms with Gasteiger partial charge in [0, 0.05) is 20.6 Å². The molecule has 0 aliphatic heterocycles. The van der Waals surface area contributed by atoms with Gasteiger partial charge in [0.05, 0.1) is 0 Å². The van der Waals surface area contributed by atoms with Crippen LogP contribution in [0.1, 0.15) is 21.5 Å². The summed E-state index contributed by atoms with van der Waals surface area (Å²) in [6.07, 6.45) is 0. The van der Waals surface area contributed by atoms with Crippen molar-refractivity contribution in [3.63, 3.8) is 0 Å². The molecule has 0 bridgehead atoms. The quantitative estimate of drug-likeness (QED) is 0.738. The third-order valence-electron chi connectivity index (χ3n) is 2.60. The standard InChI is InChI=1S/C14H10BrClO/c1-9-12(6-3-7-13(9)15)14(17)10-4-2-5-11(16)8-10/h2-8H,1H3. The third kappa shape index (κ3) is 2.59. The van der Waals surface area contributed by atoms with Gasteiger partial charge in [0.2, 0.25) is 0 Å². The number of benzene rings is 2. The summed E-state index contributed by atoms with van der Waals surface area (Å²) in [5.74, 6) is -0.00806. The second-order valence-electron chi connectivity index (χ2n) is 3.75. The lowest BCUT2D eigenvalue weighted by Crippen LogP contribution is -2.03. The predicted octanol–water partition coefficient (Wildman–Crippen LogP) is 4.64. The van der Waals surface area contributed by atoms with Crippen molar-refractivity contribution in [3.8, 4) is 0 Å². The van der Waals surface area contributed by atoms with Crippen molar-refractivity contribution in [1.29, 1.82) is 0 Å². The van der Waals surface area contributed by atoms with Crippen LogP contribution in [0.3, 0.4) is 0 Å². The van der Waals surface area contributed by atoms with Gasteiger partial charge in [-0.05, 0) is 30.7 Å². The first-order chi connectivity index (χ1) is 8.09. The smallest absolute Gasteiger partial charge is 0.193 e. The van der Waals surface area contributed by atoms with Gasteiger partial charge in [-0.3, -0.25) is 4.79 Å². The molecule has 0 saturated carbocycles. The average Bonchev–Trinajstić information content (AvgIpc) is 2.32. The van der Waals surface area contributed by atoms with E-state index in [9.17, 15) is 4.79 Å². The minimum absolute atomic E-state index is 0.00806. The number of ketones is 1. The second kappa shape index (κ2) is 5.03. The molecule has 86 valence electrons. The summed E-state index contributed by atoms with van der Waals surface area (Å²) in [5, 5.41) is 0.573. The monoisotopic (exact) mass is 308 g/mol. The lowest BCUT2D eigenvalue weighted by molar-refractivity contribution is 0.103. The first-order valence-corrected chi connectivity index (χ1v) is 6.32. The zero-order valence-electron chi connectivity index (χ0n) is 9.21. The normalized spacial score (nSPS) is 10.3. The van der Waals surface area contributed by atoms with Crippen LogP contribution >= 0.6 is 27.5 Å². The maximum atomic E-state index is 12.3. The molecule has 0 fully saturated rings. The molecular formula is C14H10BrClO. The van der Waals surface area contributed by atoms with Crippen LogP contribution in [-0.4, -0.2) is 5.78 Å². The van der Waals surface area contributed by atoms with Crippen LogP contribution in [0.5, 0.6) is 0 Å². The Kier molecular flexibility index (Phi) is 3.65. The van der Waals surface area contributed by atoms with Gasteiger partial charge in [0.25, 0.3) is 0 Å². The Labute approximate surface area is 114 Å². The second-order valence-corrected chi connectivity index (χ2v) is 5.04. The third-order valence-corrected chi connectivity index (χ3v) is 3.69. The van der Waals surface area contributed by atoms with Crippen LogP contribution in [0.4, 0.5) is 0 Å². The molecule has 0 N–H and O–H groups in total. The highest BCUT2D eigenvalue weighted by molar-refractivity contribution is 9.10. The van der Waals surface area contributed by atoms with Crippen LogP contribution in [0.2, 0.25) is 5.02 Å². The largest absolute Gasteiger partial charge is 0.289 e. The summed E-state index contributed by atoms with van der Waals surface area (Å²) >= 11 is 9.31. The van der Waals surface area contributed by atoms with Gasteiger partial charge in [-0.2, -0.15) is 0 Å². The summed E-state index contributed by atoms with van der Waals surface area (Å²) in [7, 11) is 0. The molecule has 0 radical (unpaired) electrons. The number of carbonyl (C=O) groups excluding carboxylic acids is 1. The van der Waals surface area contributed by atoms with Crippen molar-refractivity contribution < 1.29 is 4.79 Å². The Morgan fingerprint density at radius 3 is 2.59 bits per heavy atom. The number of hydrogen-bond donors (Lipinski definition) is 0. The van der Waals surface area contributed by atoms with Gasteiger partial charge in [-0.25, -0.2) is 0 Å². The highest BCUT2D eigenvalue weighted by Gasteiger charge is 2.13. The van der Waals surface area contributed by atoms with Crippen LogP contribution in [0.25, 0.3) is 0 Å². The number of rotatable bonds is 2. The highest BCUT2D eigenvalue weighted by Crippen LogP contribution is 2.22. The minimum Gasteiger partial charge on any atom is -0.289 e. The first kappa shape index (κ1) is 12.3. The maximum absolute atomic E-state index is 12.3. The average molecular weight is 310 g/mol. The maximum Gasteiger partial charge on any atom is 0.193 e. The van der Waals surface area contributed by atoms with Gasteiger partial charge in [0.1, 0.15) is 0 Å². The molecule has 0 aliphatic carbocycles. The van der Waals surface area contributed by atoms with E-state index in [1.807, 2.05) is 25.1 Å². The molecule has 0 aliphatic rings.